The first-order valence-corrected chi connectivity index (χ1v) is 11.5. The highest BCUT2D eigenvalue weighted by atomic mass is 32.2. The van der Waals surface area contributed by atoms with Crippen LogP contribution in [0.5, 0.6) is 11.5 Å². The summed E-state index contributed by atoms with van der Waals surface area (Å²) in [4.78, 5) is 13.1. The number of para-hydroxylation sites is 1. The van der Waals surface area contributed by atoms with Crippen LogP contribution in [0, 0.1) is 0 Å². The fraction of sp³-hybridized carbons (Fsp3) is 0.208. The number of amides is 1. The van der Waals surface area contributed by atoms with Gasteiger partial charge in [-0.25, -0.2) is 8.42 Å². The maximum atomic E-state index is 13.0. The molecule has 3 aromatic carbocycles. The minimum absolute atomic E-state index is 0.119. The summed E-state index contributed by atoms with van der Waals surface area (Å²) in [5.41, 5.74) is 1.82. The van der Waals surface area contributed by atoms with Crippen molar-refractivity contribution in [1.82, 2.24) is 0 Å². The van der Waals surface area contributed by atoms with Gasteiger partial charge in [0.15, 0.2) is 0 Å². The van der Waals surface area contributed by atoms with E-state index in [1.807, 2.05) is 13.8 Å². The van der Waals surface area contributed by atoms with Crippen molar-refractivity contribution in [2.75, 3.05) is 24.3 Å². The number of hydrogen-bond donors (Lipinski definition) is 2. The number of nitrogens with one attached hydrogen (secondary N) is 2. The van der Waals surface area contributed by atoms with E-state index in [9.17, 15) is 13.2 Å². The highest BCUT2D eigenvalue weighted by Gasteiger charge is 2.20. The van der Waals surface area contributed by atoms with E-state index in [0.29, 0.717) is 23.1 Å². The second-order valence-corrected chi connectivity index (χ2v) is 9.08. The molecule has 2 N–H and O–H groups in total. The predicted molar refractivity (Wildman–Crippen MR) is 125 cm³/mol. The van der Waals surface area contributed by atoms with Gasteiger partial charge in [0.1, 0.15) is 11.5 Å². The first kappa shape index (κ1) is 23.1. The number of sulfonamides is 1. The van der Waals surface area contributed by atoms with Crippen molar-refractivity contribution < 1.29 is 22.7 Å². The molecule has 3 aromatic rings. The lowest BCUT2D eigenvalue weighted by Gasteiger charge is -2.15. The molecule has 0 unspecified atom stereocenters. The highest BCUT2D eigenvalue weighted by Crippen LogP contribution is 2.30. The molecule has 0 bridgehead atoms. The summed E-state index contributed by atoms with van der Waals surface area (Å²) < 4.78 is 38.8. The molecule has 0 aliphatic rings. The normalized spacial score (nSPS) is 11.2. The average molecular weight is 455 g/mol. The van der Waals surface area contributed by atoms with Crippen molar-refractivity contribution in [2.24, 2.45) is 0 Å². The number of rotatable bonds is 8. The second-order valence-electron chi connectivity index (χ2n) is 7.40. The molecule has 0 spiro atoms. The quantitative estimate of drug-likeness (QED) is 0.506. The Morgan fingerprint density at radius 3 is 2.19 bits per heavy atom. The summed E-state index contributed by atoms with van der Waals surface area (Å²) in [6.45, 7) is 4.07. The topological polar surface area (TPSA) is 93.7 Å². The van der Waals surface area contributed by atoms with Crippen LogP contribution in [0.15, 0.2) is 71.6 Å². The van der Waals surface area contributed by atoms with Crippen molar-refractivity contribution >= 4 is 27.3 Å². The number of carbonyl (C=O) groups excluding carboxylic acids is 1. The molecule has 0 saturated heterocycles. The molecule has 0 atom stereocenters. The Kier molecular flexibility index (Phi) is 7.05. The fourth-order valence-electron chi connectivity index (χ4n) is 3.10. The van der Waals surface area contributed by atoms with Crippen molar-refractivity contribution in [2.45, 2.75) is 24.7 Å². The second kappa shape index (κ2) is 9.74. The Morgan fingerprint density at radius 2 is 1.56 bits per heavy atom. The third kappa shape index (κ3) is 5.20. The van der Waals surface area contributed by atoms with Gasteiger partial charge in [0.25, 0.3) is 15.9 Å². The zero-order valence-electron chi connectivity index (χ0n) is 18.4. The molecular weight excluding hydrogens is 428 g/mol. The Bertz CT molecular complexity index is 1210. The van der Waals surface area contributed by atoms with Crippen LogP contribution in [0.1, 0.15) is 35.7 Å². The third-order valence-electron chi connectivity index (χ3n) is 4.93. The number of methoxy groups -OCH3 is 2. The highest BCUT2D eigenvalue weighted by molar-refractivity contribution is 7.92. The maximum Gasteiger partial charge on any atom is 0.261 e. The molecule has 0 radical (unpaired) electrons. The lowest BCUT2D eigenvalue weighted by Crippen LogP contribution is -2.19. The number of ether oxygens (including phenoxy) is 2. The van der Waals surface area contributed by atoms with Crippen LogP contribution in [0.25, 0.3) is 0 Å². The van der Waals surface area contributed by atoms with Crippen LogP contribution < -0.4 is 19.5 Å². The Labute approximate surface area is 188 Å². The third-order valence-corrected chi connectivity index (χ3v) is 6.31. The van der Waals surface area contributed by atoms with E-state index >= 15 is 0 Å². The molecule has 0 fully saturated rings. The number of hydrogen-bond acceptors (Lipinski definition) is 5. The van der Waals surface area contributed by atoms with Crippen molar-refractivity contribution in [3.8, 4) is 11.5 Å². The van der Waals surface area contributed by atoms with Crippen LogP contribution in [0.3, 0.4) is 0 Å². The van der Waals surface area contributed by atoms with Gasteiger partial charge in [-0.3, -0.25) is 9.52 Å². The standard InChI is InChI=1S/C24H26N2O5S/c1-16(2)17-9-12-19(13-10-17)32(28,29)26-21-8-6-5-7-20(21)24(27)25-22-14-11-18(30-3)15-23(22)31-4/h5-16,26H,1-4H3,(H,25,27). The van der Waals surface area contributed by atoms with E-state index in [1.165, 1.54) is 14.2 Å². The van der Waals surface area contributed by atoms with Gasteiger partial charge in [-0.1, -0.05) is 38.1 Å². The molecule has 8 heteroatoms. The molecule has 0 aromatic heterocycles. The van der Waals surface area contributed by atoms with Gasteiger partial charge in [-0.15, -0.1) is 0 Å². The van der Waals surface area contributed by atoms with E-state index in [0.717, 1.165) is 5.56 Å². The summed E-state index contributed by atoms with van der Waals surface area (Å²) in [7, 11) is -0.861. The number of carbonyl (C=O) groups is 1. The average Bonchev–Trinajstić information content (AvgIpc) is 2.79. The number of anilines is 2. The van der Waals surface area contributed by atoms with Gasteiger partial charge in [-0.2, -0.15) is 0 Å². The number of benzene rings is 3. The van der Waals surface area contributed by atoms with Crippen LogP contribution in [0.2, 0.25) is 0 Å². The van der Waals surface area contributed by atoms with E-state index in [-0.39, 0.29) is 16.1 Å². The minimum Gasteiger partial charge on any atom is -0.497 e. The summed E-state index contributed by atoms with van der Waals surface area (Å²) in [5.74, 6) is 0.804. The van der Waals surface area contributed by atoms with E-state index in [4.69, 9.17) is 9.47 Å². The molecule has 7 nitrogen and oxygen atoms in total. The maximum absolute atomic E-state index is 13.0. The summed E-state index contributed by atoms with van der Waals surface area (Å²) in [5, 5.41) is 2.76. The smallest absolute Gasteiger partial charge is 0.261 e. The minimum atomic E-state index is -3.88. The molecular formula is C24H26N2O5S. The van der Waals surface area contributed by atoms with Crippen LogP contribution in [-0.4, -0.2) is 28.5 Å². The lowest BCUT2D eigenvalue weighted by molar-refractivity contribution is 0.102. The SMILES string of the molecule is COc1ccc(NC(=O)c2ccccc2NS(=O)(=O)c2ccc(C(C)C)cc2)c(OC)c1. The first-order chi connectivity index (χ1) is 15.2. The van der Waals surface area contributed by atoms with E-state index < -0.39 is 15.9 Å². The molecule has 168 valence electrons. The van der Waals surface area contributed by atoms with Crippen LogP contribution >= 0.6 is 0 Å². The summed E-state index contributed by atoms with van der Waals surface area (Å²) >= 11 is 0. The van der Waals surface area contributed by atoms with Crippen molar-refractivity contribution in [1.29, 1.82) is 0 Å². The first-order valence-electron chi connectivity index (χ1n) is 10.0. The van der Waals surface area contributed by atoms with E-state index in [1.54, 1.807) is 66.7 Å². The van der Waals surface area contributed by atoms with E-state index in [2.05, 4.69) is 10.0 Å². The molecule has 0 aliphatic carbocycles. The lowest BCUT2D eigenvalue weighted by atomic mass is 10.0. The van der Waals surface area contributed by atoms with Crippen LogP contribution in [-0.2, 0) is 10.0 Å². The van der Waals surface area contributed by atoms with Gasteiger partial charge < -0.3 is 14.8 Å². The molecule has 0 saturated carbocycles. The fourth-order valence-corrected chi connectivity index (χ4v) is 4.18. The molecule has 32 heavy (non-hydrogen) atoms. The van der Waals surface area contributed by atoms with Gasteiger partial charge in [0.05, 0.1) is 36.1 Å². The van der Waals surface area contributed by atoms with Gasteiger partial charge in [-0.05, 0) is 47.9 Å². The molecule has 0 aliphatic heterocycles. The summed E-state index contributed by atoms with van der Waals surface area (Å²) in [6, 6.07) is 18.1. The Hall–Kier alpha value is -3.52. The van der Waals surface area contributed by atoms with Crippen molar-refractivity contribution in [3.05, 3.63) is 77.9 Å². The van der Waals surface area contributed by atoms with Crippen LogP contribution in [0.4, 0.5) is 11.4 Å². The van der Waals surface area contributed by atoms with Gasteiger partial charge >= 0.3 is 0 Å². The Balaban J connectivity index is 1.86. The molecule has 3 rings (SSSR count). The zero-order chi connectivity index (χ0) is 23.3. The molecule has 0 heterocycles. The predicted octanol–water partition coefficient (Wildman–Crippen LogP) is 4.88. The summed E-state index contributed by atoms with van der Waals surface area (Å²) in [6.07, 6.45) is 0. The zero-order valence-corrected chi connectivity index (χ0v) is 19.2. The monoisotopic (exact) mass is 454 g/mol. The Morgan fingerprint density at radius 1 is 0.875 bits per heavy atom. The van der Waals surface area contributed by atoms with Gasteiger partial charge in [0.2, 0.25) is 0 Å². The molecule has 1 amide bonds. The largest absolute Gasteiger partial charge is 0.497 e. The van der Waals surface area contributed by atoms with Gasteiger partial charge in [0, 0.05) is 6.07 Å². The van der Waals surface area contributed by atoms with Crippen molar-refractivity contribution in [3.63, 3.8) is 0 Å².